The van der Waals surface area contributed by atoms with E-state index in [2.05, 4.69) is 5.32 Å². The van der Waals surface area contributed by atoms with Gasteiger partial charge >= 0.3 is 0 Å². The van der Waals surface area contributed by atoms with E-state index in [0.29, 0.717) is 5.69 Å². The van der Waals surface area contributed by atoms with Gasteiger partial charge in [0.2, 0.25) is 11.5 Å². The Morgan fingerprint density at radius 1 is 1.44 bits per heavy atom. The molecular formula is C11H17N3O2. The molecule has 0 saturated heterocycles. The standard InChI is InChI=1S/C11H17N3O2/c1-7(2)10(12)11(16)13-8-4-5-9(15)14(3)6-8/h4-7,10H,12H2,1-3H3,(H,13,16)/t10-/m0/s1. The topological polar surface area (TPSA) is 77.1 Å². The first-order chi connectivity index (χ1) is 7.41. The maximum atomic E-state index is 11.6. The molecule has 0 bridgehead atoms. The van der Waals surface area contributed by atoms with Gasteiger partial charge in [-0.3, -0.25) is 9.59 Å². The molecule has 0 fully saturated rings. The Bertz CT molecular complexity index is 437. The molecule has 0 aliphatic carbocycles. The molecule has 1 heterocycles. The highest BCUT2D eigenvalue weighted by Gasteiger charge is 2.17. The SMILES string of the molecule is CC(C)[C@H](N)C(=O)Nc1ccc(=O)n(C)c1. The number of carbonyl (C=O) groups is 1. The van der Waals surface area contributed by atoms with Crippen LogP contribution in [0.1, 0.15) is 13.8 Å². The lowest BCUT2D eigenvalue weighted by Gasteiger charge is -2.15. The molecule has 0 spiro atoms. The summed E-state index contributed by atoms with van der Waals surface area (Å²) in [6.07, 6.45) is 1.56. The Kier molecular flexibility index (Phi) is 3.84. The van der Waals surface area contributed by atoms with E-state index in [4.69, 9.17) is 5.73 Å². The van der Waals surface area contributed by atoms with Crippen molar-refractivity contribution < 1.29 is 4.79 Å². The Labute approximate surface area is 94.3 Å². The zero-order valence-electron chi connectivity index (χ0n) is 9.73. The molecule has 88 valence electrons. The van der Waals surface area contributed by atoms with Crippen LogP contribution < -0.4 is 16.6 Å². The van der Waals surface area contributed by atoms with E-state index in [-0.39, 0.29) is 17.4 Å². The highest BCUT2D eigenvalue weighted by atomic mass is 16.2. The van der Waals surface area contributed by atoms with Crippen molar-refractivity contribution in [2.24, 2.45) is 18.7 Å². The molecule has 1 rings (SSSR count). The van der Waals surface area contributed by atoms with Crippen LogP contribution in [-0.2, 0) is 11.8 Å². The molecule has 5 heteroatoms. The second-order valence-corrected chi connectivity index (χ2v) is 4.13. The minimum Gasteiger partial charge on any atom is -0.323 e. The Balaban J connectivity index is 2.77. The number of pyridine rings is 1. The normalized spacial score (nSPS) is 12.6. The van der Waals surface area contributed by atoms with Crippen molar-refractivity contribution >= 4 is 11.6 Å². The molecule has 5 nitrogen and oxygen atoms in total. The number of nitrogens with zero attached hydrogens (tertiary/aromatic N) is 1. The van der Waals surface area contributed by atoms with Crippen LogP contribution in [0.4, 0.5) is 5.69 Å². The van der Waals surface area contributed by atoms with Crippen molar-refractivity contribution in [2.45, 2.75) is 19.9 Å². The van der Waals surface area contributed by atoms with E-state index in [0.717, 1.165) is 0 Å². The first-order valence-electron chi connectivity index (χ1n) is 5.15. The zero-order chi connectivity index (χ0) is 12.3. The number of nitrogens with two attached hydrogens (primary N) is 1. The summed E-state index contributed by atoms with van der Waals surface area (Å²) < 4.78 is 1.40. The van der Waals surface area contributed by atoms with Gasteiger partial charge in [-0.2, -0.15) is 0 Å². The first kappa shape index (κ1) is 12.4. The van der Waals surface area contributed by atoms with Crippen molar-refractivity contribution in [3.05, 3.63) is 28.7 Å². The minimum atomic E-state index is -0.544. The molecule has 0 aromatic carbocycles. The molecule has 1 aromatic heterocycles. The van der Waals surface area contributed by atoms with Crippen LogP contribution >= 0.6 is 0 Å². The number of aromatic nitrogens is 1. The summed E-state index contributed by atoms with van der Waals surface area (Å²) >= 11 is 0. The number of nitrogens with one attached hydrogen (secondary N) is 1. The van der Waals surface area contributed by atoms with Crippen molar-refractivity contribution in [3.63, 3.8) is 0 Å². The van der Waals surface area contributed by atoms with Gasteiger partial charge in [-0.05, 0) is 12.0 Å². The van der Waals surface area contributed by atoms with Crippen molar-refractivity contribution in [1.82, 2.24) is 4.57 Å². The quantitative estimate of drug-likeness (QED) is 0.774. The lowest BCUT2D eigenvalue weighted by atomic mass is 10.1. The predicted octanol–water partition coefficient (Wildman–Crippen LogP) is 0.307. The van der Waals surface area contributed by atoms with Crippen LogP contribution in [0.25, 0.3) is 0 Å². The number of anilines is 1. The van der Waals surface area contributed by atoms with Crippen molar-refractivity contribution in [2.75, 3.05) is 5.32 Å². The van der Waals surface area contributed by atoms with Gasteiger partial charge in [0, 0.05) is 19.3 Å². The molecule has 16 heavy (non-hydrogen) atoms. The molecule has 0 aliphatic heterocycles. The number of hydrogen-bond donors (Lipinski definition) is 2. The fraction of sp³-hybridized carbons (Fsp3) is 0.455. The van der Waals surface area contributed by atoms with E-state index < -0.39 is 6.04 Å². The predicted molar refractivity (Wildman–Crippen MR) is 63.1 cm³/mol. The van der Waals surface area contributed by atoms with Gasteiger partial charge in [0.15, 0.2) is 0 Å². The fourth-order valence-electron chi connectivity index (χ4n) is 1.20. The number of amides is 1. The molecule has 3 N–H and O–H groups in total. The molecule has 1 aromatic rings. The number of hydrogen-bond acceptors (Lipinski definition) is 3. The summed E-state index contributed by atoms with van der Waals surface area (Å²) in [4.78, 5) is 22.8. The fourth-order valence-corrected chi connectivity index (χ4v) is 1.20. The maximum absolute atomic E-state index is 11.6. The molecule has 1 atom stereocenters. The van der Waals surface area contributed by atoms with Gasteiger partial charge in [0.25, 0.3) is 0 Å². The van der Waals surface area contributed by atoms with Gasteiger partial charge in [0.05, 0.1) is 11.7 Å². The lowest BCUT2D eigenvalue weighted by Crippen LogP contribution is -2.39. The van der Waals surface area contributed by atoms with Crippen LogP contribution in [0.15, 0.2) is 23.1 Å². The summed E-state index contributed by atoms with van der Waals surface area (Å²) in [6.45, 7) is 3.76. The average Bonchev–Trinajstić information content (AvgIpc) is 2.22. The van der Waals surface area contributed by atoms with Gasteiger partial charge in [-0.1, -0.05) is 13.8 Å². The molecular weight excluding hydrogens is 206 g/mol. The zero-order valence-corrected chi connectivity index (χ0v) is 9.73. The van der Waals surface area contributed by atoms with Gasteiger partial charge in [0.1, 0.15) is 0 Å². The largest absolute Gasteiger partial charge is 0.323 e. The van der Waals surface area contributed by atoms with E-state index in [9.17, 15) is 9.59 Å². The third-order valence-electron chi connectivity index (χ3n) is 2.37. The highest BCUT2D eigenvalue weighted by molar-refractivity contribution is 5.94. The monoisotopic (exact) mass is 223 g/mol. The van der Waals surface area contributed by atoms with E-state index in [1.54, 1.807) is 19.3 Å². The van der Waals surface area contributed by atoms with Crippen molar-refractivity contribution in [3.8, 4) is 0 Å². The molecule has 0 saturated carbocycles. The number of carbonyl (C=O) groups excluding carboxylic acids is 1. The van der Waals surface area contributed by atoms with Crippen LogP contribution in [0.3, 0.4) is 0 Å². The molecule has 0 aliphatic rings. The molecule has 0 radical (unpaired) electrons. The molecule has 1 amide bonds. The third-order valence-corrected chi connectivity index (χ3v) is 2.37. The number of rotatable bonds is 3. The van der Waals surface area contributed by atoms with Gasteiger partial charge < -0.3 is 15.6 Å². The van der Waals surface area contributed by atoms with E-state index in [1.807, 2.05) is 13.8 Å². The second kappa shape index (κ2) is 4.94. The smallest absolute Gasteiger partial charge is 0.250 e. The lowest BCUT2D eigenvalue weighted by molar-refractivity contribution is -0.118. The summed E-state index contributed by atoms with van der Waals surface area (Å²) in [7, 11) is 1.63. The van der Waals surface area contributed by atoms with Crippen LogP contribution in [-0.4, -0.2) is 16.5 Å². The summed E-state index contributed by atoms with van der Waals surface area (Å²) in [5.41, 5.74) is 6.15. The summed E-state index contributed by atoms with van der Waals surface area (Å²) in [5.74, 6) is -0.166. The van der Waals surface area contributed by atoms with Crippen molar-refractivity contribution in [1.29, 1.82) is 0 Å². The second-order valence-electron chi connectivity index (χ2n) is 4.13. The minimum absolute atomic E-state index is 0.0764. The maximum Gasteiger partial charge on any atom is 0.250 e. The van der Waals surface area contributed by atoms with Crippen LogP contribution in [0, 0.1) is 5.92 Å². The Morgan fingerprint density at radius 2 is 2.06 bits per heavy atom. The van der Waals surface area contributed by atoms with E-state index >= 15 is 0 Å². The Morgan fingerprint density at radius 3 is 2.56 bits per heavy atom. The van der Waals surface area contributed by atoms with Crippen LogP contribution in [0.5, 0.6) is 0 Å². The highest BCUT2D eigenvalue weighted by Crippen LogP contribution is 2.05. The molecule has 0 unspecified atom stereocenters. The van der Waals surface area contributed by atoms with Gasteiger partial charge in [-0.25, -0.2) is 0 Å². The Hall–Kier alpha value is -1.62. The first-order valence-corrected chi connectivity index (χ1v) is 5.15. The van der Waals surface area contributed by atoms with Crippen LogP contribution in [0.2, 0.25) is 0 Å². The van der Waals surface area contributed by atoms with Gasteiger partial charge in [-0.15, -0.1) is 0 Å². The van der Waals surface area contributed by atoms with E-state index in [1.165, 1.54) is 10.6 Å². The number of aryl methyl sites for hydroxylation is 1. The summed E-state index contributed by atoms with van der Waals surface area (Å²) in [6, 6.07) is 2.42. The average molecular weight is 223 g/mol. The third kappa shape index (κ3) is 2.93. The summed E-state index contributed by atoms with van der Waals surface area (Å²) in [5, 5.41) is 2.67.